The number of hydrogen-bond acceptors (Lipinski definition) is 4. The second-order valence-electron chi connectivity index (χ2n) is 7.17. The molecule has 2 saturated heterocycles. The summed E-state index contributed by atoms with van der Waals surface area (Å²) >= 11 is 0. The zero-order valence-corrected chi connectivity index (χ0v) is 16.5. The van der Waals surface area contributed by atoms with E-state index in [2.05, 4.69) is 22.5 Å². The Hall–Kier alpha value is -1.34. The van der Waals surface area contributed by atoms with Crippen LogP contribution in [0.15, 0.2) is 4.99 Å². The van der Waals surface area contributed by atoms with E-state index in [4.69, 9.17) is 9.47 Å². The maximum atomic E-state index is 12.3. The van der Waals surface area contributed by atoms with Crippen LogP contribution in [0, 0.1) is 0 Å². The second-order valence-corrected chi connectivity index (χ2v) is 7.17. The summed E-state index contributed by atoms with van der Waals surface area (Å²) in [4.78, 5) is 18.5. The van der Waals surface area contributed by atoms with Crippen molar-refractivity contribution in [3.05, 3.63) is 0 Å². The van der Waals surface area contributed by atoms with E-state index in [1.54, 1.807) is 7.05 Å². The molecule has 0 aromatic rings. The zero-order valence-electron chi connectivity index (χ0n) is 16.5. The van der Waals surface area contributed by atoms with Gasteiger partial charge in [0, 0.05) is 52.4 Å². The number of amides is 1. The Morgan fingerprint density at radius 2 is 2.08 bits per heavy atom. The SMILES string of the molecule is CN=C(NCCCOCC1CCCO1)NCCC(=O)N1CCCCC1C. The molecule has 150 valence electrons. The highest BCUT2D eigenvalue weighted by molar-refractivity contribution is 5.81. The first-order valence-electron chi connectivity index (χ1n) is 10.1. The Morgan fingerprint density at radius 1 is 1.23 bits per heavy atom. The summed E-state index contributed by atoms with van der Waals surface area (Å²) in [6.07, 6.45) is 7.46. The number of hydrogen-bond donors (Lipinski definition) is 2. The molecule has 0 aromatic carbocycles. The van der Waals surface area contributed by atoms with E-state index in [1.807, 2.05) is 4.90 Å². The maximum absolute atomic E-state index is 12.3. The van der Waals surface area contributed by atoms with Crippen LogP contribution in [0.1, 0.15) is 51.9 Å². The van der Waals surface area contributed by atoms with Gasteiger partial charge in [0.05, 0.1) is 12.7 Å². The number of rotatable bonds is 9. The van der Waals surface area contributed by atoms with Gasteiger partial charge in [-0.15, -0.1) is 0 Å². The first-order chi connectivity index (χ1) is 12.7. The van der Waals surface area contributed by atoms with Crippen molar-refractivity contribution in [2.45, 2.75) is 64.0 Å². The molecule has 0 spiro atoms. The Bertz CT molecular complexity index is 439. The van der Waals surface area contributed by atoms with E-state index in [-0.39, 0.29) is 12.0 Å². The van der Waals surface area contributed by atoms with Gasteiger partial charge >= 0.3 is 0 Å². The zero-order chi connectivity index (χ0) is 18.6. The van der Waals surface area contributed by atoms with E-state index in [1.165, 1.54) is 6.42 Å². The number of ether oxygens (including phenoxy) is 2. The van der Waals surface area contributed by atoms with Crippen LogP contribution in [0.5, 0.6) is 0 Å². The van der Waals surface area contributed by atoms with Gasteiger partial charge in [-0.3, -0.25) is 9.79 Å². The summed E-state index contributed by atoms with van der Waals surface area (Å²) in [5.74, 6) is 0.978. The molecule has 2 rings (SSSR count). The molecule has 2 fully saturated rings. The van der Waals surface area contributed by atoms with Gasteiger partial charge < -0.3 is 25.0 Å². The van der Waals surface area contributed by atoms with E-state index in [9.17, 15) is 4.79 Å². The number of piperidine rings is 1. The fraction of sp³-hybridized carbons (Fsp3) is 0.895. The third kappa shape index (κ3) is 7.50. The Labute approximate surface area is 157 Å². The molecule has 26 heavy (non-hydrogen) atoms. The number of likely N-dealkylation sites (tertiary alicyclic amines) is 1. The number of nitrogens with zero attached hydrogens (tertiary/aromatic N) is 2. The van der Waals surface area contributed by atoms with Crippen LogP contribution in [0.25, 0.3) is 0 Å². The molecule has 0 aliphatic carbocycles. The van der Waals surface area contributed by atoms with Gasteiger partial charge in [0.25, 0.3) is 0 Å². The number of nitrogens with one attached hydrogen (secondary N) is 2. The van der Waals surface area contributed by atoms with Gasteiger partial charge in [0.1, 0.15) is 0 Å². The van der Waals surface area contributed by atoms with Crippen molar-refractivity contribution < 1.29 is 14.3 Å². The molecule has 2 heterocycles. The number of carbonyl (C=O) groups is 1. The standard InChI is InChI=1S/C19H36N4O3/c1-16-7-3-4-12-23(16)18(24)9-11-22-19(20-2)21-10-6-13-25-15-17-8-5-14-26-17/h16-17H,3-15H2,1-2H3,(H2,20,21,22). The topological polar surface area (TPSA) is 75.2 Å². The summed E-state index contributed by atoms with van der Waals surface area (Å²) < 4.78 is 11.2. The van der Waals surface area contributed by atoms with Crippen LogP contribution >= 0.6 is 0 Å². The highest BCUT2D eigenvalue weighted by atomic mass is 16.5. The molecular formula is C19H36N4O3. The maximum Gasteiger partial charge on any atom is 0.224 e. The predicted octanol–water partition coefficient (Wildman–Crippen LogP) is 1.53. The van der Waals surface area contributed by atoms with E-state index in [0.717, 1.165) is 64.4 Å². The summed E-state index contributed by atoms with van der Waals surface area (Å²) in [6, 6.07) is 0.378. The van der Waals surface area contributed by atoms with Gasteiger partial charge in [-0.1, -0.05) is 0 Å². The average molecular weight is 369 g/mol. The lowest BCUT2D eigenvalue weighted by Gasteiger charge is -2.33. The number of carbonyl (C=O) groups excluding carboxylic acids is 1. The highest BCUT2D eigenvalue weighted by Crippen LogP contribution is 2.17. The van der Waals surface area contributed by atoms with Crippen LogP contribution in [0.4, 0.5) is 0 Å². The molecule has 7 nitrogen and oxygen atoms in total. The van der Waals surface area contributed by atoms with Crippen LogP contribution in [0.2, 0.25) is 0 Å². The van der Waals surface area contributed by atoms with Crippen LogP contribution in [-0.2, 0) is 14.3 Å². The molecule has 2 atom stereocenters. The first kappa shape index (κ1) is 21.0. The molecule has 0 radical (unpaired) electrons. The average Bonchev–Trinajstić information content (AvgIpc) is 3.16. The minimum absolute atomic E-state index is 0.239. The minimum Gasteiger partial charge on any atom is -0.379 e. The van der Waals surface area contributed by atoms with Gasteiger partial charge in [0.2, 0.25) is 5.91 Å². The van der Waals surface area contributed by atoms with Crippen molar-refractivity contribution >= 4 is 11.9 Å². The van der Waals surface area contributed by atoms with Gasteiger partial charge in [0.15, 0.2) is 5.96 Å². The highest BCUT2D eigenvalue weighted by Gasteiger charge is 2.22. The van der Waals surface area contributed by atoms with Gasteiger partial charge in [-0.05, 0) is 45.4 Å². The molecule has 2 aliphatic rings. The molecule has 1 amide bonds. The first-order valence-corrected chi connectivity index (χ1v) is 10.1. The van der Waals surface area contributed by atoms with Crippen molar-refractivity contribution in [2.75, 3.05) is 46.5 Å². The minimum atomic E-state index is 0.239. The van der Waals surface area contributed by atoms with E-state index in [0.29, 0.717) is 25.6 Å². The van der Waals surface area contributed by atoms with Gasteiger partial charge in [-0.2, -0.15) is 0 Å². The van der Waals surface area contributed by atoms with Crippen LogP contribution in [0.3, 0.4) is 0 Å². The second kappa shape index (κ2) is 12.1. The van der Waals surface area contributed by atoms with Crippen LogP contribution < -0.4 is 10.6 Å². The Balaban J connectivity index is 1.49. The molecule has 0 bridgehead atoms. The molecule has 0 saturated carbocycles. The molecule has 7 heteroatoms. The van der Waals surface area contributed by atoms with Crippen molar-refractivity contribution in [2.24, 2.45) is 4.99 Å². The quantitative estimate of drug-likeness (QED) is 0.367. The Kier molecular flexibility index (Phi) is 9.77. The summed E-state index contributed by atoms with van der Waals surface area (Å²) in [5.41, 5.74) is 0. The smallest absolute Gasteiger partial charge is 0.224 e. The van der Waals surface area contributed by atoms with E-state index < -0.39 is 0 Å². The fourth-order valence-electron chi connectivity index (χ4n) is 3.49. The van der Waals surface area contributed by atoms with Crippen molar-refractivity contribution in [1.29, 1.82) is 0 Å². The van der Waals surface area contributed by atoms with Crippen molar-refractivity contribution in [1.82, 2.24) is 15.5 Å². The lowest BCUT2D eigenvalue weighted by atomic mass is 10.0. The number of aliphatic imine (C=N–C) groups is 1. The fourth-order valence-corrected chi connectivity index (χ4v) is 3.49. The lowest BCUT2D eigenvalue weighted by molar-refractivity contribution is -0.134. The predicted molar refractivity (Wildman–Crippen MR) is 103 cm³/mol. The molecule has 2 N–H and O–H groups in total. The normalized spacial score (nSPS) is 23.9. The van der Waals surface area contributed by atoms with Crippen molar-refractivity contribution in [3.63, 3.8) is 0 Å². The summed E-state index contributed by atoms with van der Waals surface area (Å²) in [6.45, 7) is 6.74. The van der Waals surface area contributed by atoms with Crippen molar-refractivity contribution in [3.8, 4) is 0 Å². The molecular weight excluding hydrogens is 332 g/mol. The third-order valence-electron chi connectivity index (χ3n) is 5.06. The lowest BCUT2D eigenvalue weighted by Crippen LogP contribution is -2.44. The Morgan fingerprint density at radius 3 is 2.81 bits per heavy atom. The largest absolute Gasteiger partial charge is 0.379 e. The monoisotopic (exact) mass is 368 g/mol. The van der Waals surface area contributed by atoms with E-state index >= 15 is 0 Å². The molecule has 2 aliphatic heterocycles. The van der Waals surface area contributed by atoms with Gasteiger partial charge in [-0.25, -0.2) is 0 Å². The summed E-state index contributed by atoms with van der Waals surface area (Å²) in [5, 5.41) is 6.48. The van der Waals surface area contributed by atoms with Crippen LogP contribution in [-0.4, -0.2) is 75.4 Å². The molecule has 2 unspecified atom stereocenters. The summed E-state index contributed by atoms with van der Waals surface area (Å²) in [7, 11) is 1.75. The molecule has 0 aromatic heterocycles. The number of guanidine groups is 1. The third-order valence-corrected chi connectivity index (χ3v) is 5.06.